The van der Waals surface area contributed by atoms with Gasteiger partial charge in [0.05, 0.1) is 12.5 Å². The minimum absolute atomic E-state index is 0.120. The van der Waals surface area contributed by atoms with Crippen LogP contribution in [0.5, 0.6) is 0 Å². The lowest BCUT2D eigenvalue weighted by Gasteiger charge is -2.39. The molecule has 2 atom stereocenters. The number of carbonyl (C=O) groups excluding carboxylic acids is 5. The Morgan fingerprint density at radius 3 is 2.60 bits per heavy atom. The third-order valence-electron chi connectivity index (χ3n) is 4.11. The highest BCUT2D eigenvalue weighted by Crippen LogP contribution is 2.45. The largest absolute Gasteiger partial charge is 0.466 e. The van der Waals surface area contributed by atoms with Crippen LogP contribution in [0.1, 0.15) is 39.0 Å². The van der Waals surface area contributed by atoms with E-state index in [0.717, 1.165) is 0 Å². The van der Waals surface area contributed by atoms with Gasteiger partial charge in [-0.05, 0) is 26.2 Å². The van der Waals surface area contributed by atoms with Gasteiger partial charge >= 0.3 is 5.97 Å². The molecule has 2 rings (SSSR count). The third kappa shape index (κ3) is 2.30. The molecule has 0 aromatic heterocycles. The summed E-state index contributed by atoms with van der Waals surface area (Å²) < 4.78 is 4.94. The van der Waals surface area contributed by atoms with Crippen LogP contribution in [0, 0.1) is 11.3 Å². The zero-order chi connectivity index (χ0) is 14.9. The van der Waals surface area contributed by atoms with Gasteiger partial charge < -0.3 is 4.74 Å². The number of ether oxygens (including phenoxy) is 1. The van der Waals surface area contributed by atoms with Crippen LogP contribution < -0.4 is 0 Å². The first-order chi connectivity index (χ1) is 9.41. The number of hydrogen-bond acceptors (Lipinski definition) is 6. The molecule has 1 spiro atoms. The van der Waals surface area contributed by atoms with Crippen molar-refractivity contribution in [1.29, 1.82) is 0 Å². The maximum Gasteiger partial charge on any atom is 0.308 e. The van der Waals surface area contributed by atoms with Crippen LogP contribution in [0.25, 0.3) is 0 Å². The minimum Gasteiger partial charge on any atom is -0.466 e. The van der Waals surface area contributed by atoms with E-state index in [-0.39, 0.29) is 19.4 Å². The summed E-state index contributed by atoms with van der Waals surface area (Å²) in [6.45, 7) is 1.93. The van der Waals surface area contributed by atoms with E-state index in [1.165, 1.54) is 0 Å². The fourth-order valence-corrected chi connectivity index (χ4v) is 3.13. The van der Waals surface area contributed by atoms with E-state index in [1.54, 1.807) is 6.92 Å². The molecule has 0 radical (unpaired) electrons. The fraction of sp³-hybridized carbons (Fsp3) is 0.643. The highest BCUT2D eigenvalue weighted by molar-refractivity contribution is 6.80. The molecular weight excluding hydrogens is 264 g/mol. The van der Waals surface area contributed by atoms with E-state index < -0.39 is 40.4 Å². The second-order valence-corrected chi connectivity index (χ2v) is 5.41. The van der Waals surface area contributed by atoms with Gasteiger partial charge in [0.1, 0.15) is 0 Å². The van der Waals surface area contributed by atoms with Gasteiger partial charge in [-0.25, -0.2) is 0 Å². The molecule has 2 aliphatic carbocycles. The number of esters is 1. The van der Waals surface area contributed by atoms with Crippen LogP contribution in [0.15, 0.2) is 0 Å². The van der Waals surface area contributed by atoms with Gasteiger partial charge in [-0.15, -0.1) is 0 Å². The normalized spacial score (nSPS) is 30.8. The predicted molar refractivity (Wildman–Crippen MR) is 65.7 cm³/mol. The first kappa shape index (κ1) is 14.6. The molecule has 0 amide bonds. The minimum atomic E-state index is -1.23. The number of carbonyl (C=O) groups is 5. The van der Waals surface area contributed by atoms with Crippen molar-refractivity contribution in [2.24, 2.45) is 11.3 Å². The molecule has 2 aliphatic rings. The summed E-state index contributed by atoms with van der Waals surface area (Å²) in [5.41, 5.74) is -1.17. The van der Waals surface area contributed by atoms with Gasteiger partial charge in [-0.3, -0.25) is 24.0 Å². The van der Waals surface area contributed by atoms with Gasteiger partial charge in [0.25, 0.3) is 11.6 Å². The van der Waals surface area contributed by atoms with Crippen LogP contribution in [0.2, 0.25) is 0 Å². The molecule has 0 heterocycles. The van der Waals surface area contributed by atoms with E-state index in [9.17, 15) is 24.0 Å². The topological polar surface area (TPSA) is 94.6 Å². The van der Waals surface area contributed by atoms with Gasteiger partial charge in [0, 0.05) is 11.8 Å². The smallest absolute Gasteiger partial charge is 0.308 e. The molecule has 20 heavy (non-hydrogen) atoms. The molecule has 0 aromatic rings. The van der Waals surface area contributed by atoms with Crippen LogP contribution in [-0.4, -0.2) is 35.7 Å². The Kier molecular flexibility index (Phi) is 3.83. The Bertz CT molecular complexity index is 506. The molecule has 0 N–H and O–H groups in total. The standard InChI is InChI=1S/C14H16O6/c1-2-20-13(19)8-4-3-5-14(6-8)7-9(15)10(16)11(17)12(14)18/h8H,2-7H2,1H3. The van der Waals surface area contributed by atoms with E-state index in [4.69, 9.17) is 4.74 Å². The monoisotopic (exact) mass is 280 g/mol. The van der Waals surface area contributed by atoms with E-state index in [2.05, 4.69) is 0 Å². The lowest BCUT2D eigenvalue weighted by molar-refractivity contribution is -0.161. The van der Waals surface area contributed by atoms with Crippen molar-refractivity contribution in [1.82, 2.24) is 0 Å². The third-order valence-corrected chi connectivity index (χ3v) is 4.11. The summed E-state index contributed by atoms with van der Waals surface area (Å²) in [7, 11) is 0. The SMILES string of the molecule is CCOC(=O)C1CCCC2(CC(=O)C(=O)C(=O)C2=O)C1. The summed E-state index contributed by atoms with van der Waals surface area (Å²) >= 11 is 0. The van der Waals surface area contributed by atoms with Crippen molar-refractivity contribution in [2.75, 3.05) is 6.61 Å². The van der Waals surface area contributed by atoms with Gasteiger partial charge in [-0.1, -0.05) is 6.42 Å². The average molecular weight is 280 g/mol. The lowest BCUT2D eigenvalue weighted by Crippen LogP contribution is -2.52. The van der Waals surface area contributed by atoms with Crippen molar-refractivity contribution >= 4 is 29.1 Å². The molecule has 0 aliphatic heterocycles. The summed E-state index contributed by atoms with van der Waals surface area (Å²) in [5, 5.41) is 0. The molecule has 0 aromatic carbocycles. The van der Waals surface area contributed by atoms with Crippen molar-refractivity contribution < 1.29 is 28.7 Å². The molecule has 2 saturated carbocycles. The van der Waals surface area contributed by atoms with Gasteiger partial charge in [0.2, 0.25) is 11.6 Å². The fourth-order valence-electron chi connectivity index (χ4n) is 3.13. The number of Topliss-reactive ketones (excluding diaryl/α,β-unsaturated/α-hetero) is 4. The first-order valence-corrected chi connectivity index (χ1v) is 6.74. The molecule has 6 nitrogen and oxygen atoms in total. The van der Waals surface area contributed by atoms with Crippen LogP contribution in [0.4, 0.5) is 0 Å². The average Bonchev–Trinajstić information content (AvgIpc) is 2.44. The molecular formula is C14H16O6. The van der Waals surface area contributed by atoms with E-state index in [1.807, 2.05) is 0 Å². The van der Waals surface area contributed by atoms with E-state index >= 15 is 0 Å². The predicted octanol–water partition coefficient (Wildman–Crippen LogP) is 0.406. The number of ketones is 4. The molecule has 6 heteroatoms. The summed E-state index contributed by atoms with van der Waals surface area (Å²) in [4.78, 5) is 58.3. The molecule has 2 unspecified atom stereocenters. The van der Waals surface area contributed by atoms with E-state index in [0.29, 0.717) is 19.3 Å². The van der Waals surface area contributed by atoms with Crippen LogP contribution in [0.3, 0.4) is 0 Å². The highest BCUT2D eigenvalue weighted by Gasteiger charge is 2.54. The van der Waals surface area contributed by atoms with Crippen molar-refractivity contribution in [3.05, 3.63) is 0 Å². The van der Waals surface area contributed by atoms with Gasteiger partial charge in [-0.2, -0.15) is 0 Å². The Labute approximate surface area is 115 Å². The lowest BCUT2D eigenvalue weighted by atomic mass is 9.61. The first-order valence-electron chi connectivity index (χ1n) is 6.74. The summed E-state index contributed by atoms with van der Waals surface area (Å²) in [6.07, 6.45) is 1.36. The molecule has 2 fully saturated rings. The van der Waals surface area contributed by atoms with Crippen molar-refractivity contribution in [2.45, 2.75) is 39.0 Å². The Balaban J connectivity index is 2.23. The second-order valence-electron chi connectivity index (χ2n) is 5.41. The Morgan fingerprint density at radius 1 is 1.25 bits per heavy atom. The zero-order valence-corrected chi connectivity index (χ0v) is 11.3. The quantitative estimate of drug-likeness (QED) is 0.537. The van der Waals surface area contributed by atoms with Crippen LogP contribution >= 0.6 is 0 Å². The van der Waals surface area contributed by atoms with Gasteiger partial charge in [0.15, 0.2) is 0 Å². The molecule has 108 valence electrons. The van der Waals surface area contributed by atoms with Crippen molar-refractivity contribution in [3.63, 3.8) is 0 Å². The number of rotatable bonds is 2. The number of hydrogen-bond donors (Lipinski definition) is 0. The maximum absolute atomic E-state index is 12.1. The molecule has 0 saturated heterocycles. The Hall–Kier alpha value is -1.85. The summed E-state index contributed by atoms with van der Waals surface area (Å²) in [5.74, 6) is -4.97. The highest BCUT2D eigenvalue weighted by atomic mass is 16.5. The maximum atomic E-state index is 12.1. The summed E-state index contributed by atoms with van der Waals surface area (Å²) in [6, 6.07) is 0. The molecule has 0 bridgehead atoms. The van der Waals surface area contributed by atoms with Crippen molar-refractivity contribution in [3.8, 4) is 0 Å². The zero-order valence-electron chi connectivity index (χ0n) is 11.3. The second kappa shape index (κ2) is 5.26. The Morgan fingerprint density at radius 2 is 1.95 bits per heavy atom. The van der Waals surface area contributed by atoms with Crippen LogP contribution in [-0.2, 0) is 28.7 Å².